The maximum absolute atomic E-state index is 11.0. The van der Waals surface area contributed by atoms with E-state index in [4.69, 9.17) is 4.74 Å². The predicted octanol–water partition coefficient (Wildman–Crippen LogP) is 2.32. The van der Waals surface area contributed by atoms with Crippen molar-refractivity contribution in [3.05, 3.63) is 30.5 Å². The first kappa shape index (κ1) is 9.58. The lowest BCUT2D eigenvalue weighted by Crippen LogP contribution is -2.07. The van der Waals surface area contributed by atoms with Gasteiger partial charge in [-0.2, -0.15) is 0 Å². The van der Waals surface area contributed by atoms with E-state index in [2.05, 4.69) is 4.74 Å². The first-order valence-corrected chi connectivity index (χ1v) is 4.52. The number of rotatable bonds is 1. The highest BCUT2D eigenvalue weighted by Gasteiger charge is 2.08. The number of benzene rings is 1. The third-order valence-corrected chi connectivity index (χ3v) is 2.25. The first-order chi connectivity index (χ1) is 7.22. The van der Waals surface area contributed by atoms with E-state index in [1.54, 1.807) is 6.07 Å². The number of hydrogen-bond donors (Lipinski definition) is 0. The molecule has 0 saturated carbocycles. The number of aryl methyl sites for hydroxylation is 1. The van der Waals surface area contributed by atoms with E-state index in [0.717, 1.165) is 10.9 Å². The van der Waals surface area contributed by atoms with Crippen LogP contribution in [0.5, 0.6) is 5.75 Å². The van der Waals surface area contributed by atoms with Gasteiger partial charge in [-0.25, -0.2) is 4.79 Å². The average molecular weight is 205 g/mol. The highest BCUT2D eigenvalue weighted by atomic mass is 16.7. The van der Waals surface area contributed by atoms with Crippen LogP contribution >= 0.6 is 0 Å². The third-order valence-electron chi connectivity index (χ3n) is 2.25. The van der Waals surface area contributed by atoms with Crippen molar-refractivity contribution in [2.75, 3.05) is 7.11 Å². The Kier molecular flexibility index (Phi) is 2.33. The summed E-state index contributed by atoms with van der Waals surface area (Å²) in [5.41, 5.74) is 1.01. The van der Waals surface area contributed by atoms with Gasteiger partial charge in [-0.3, -0.25) is 0 Å². The molecule has 0 aliphatic carbocycles. The molecule has 2 rings (SSSR count). The lowest BCUT2D eigenvalue weighted by molar-refractivity contribution is 0.122. The van der Waals surface area contributed by atoms with Crippen LogP contribution < -0.4 is 4.74 Å². The Balaban J connectivity index is 2.47. The zero-order chi connectivity index (χ0) is 10.8. The van der Waals surface area contributed by atoms with Gasteiger partial charge < -0.3 is 14.0 Å². The number of fused-ring (bicyclic) bond motifs is 1. The van der Waals surface area contributed by atoms with E-state index in [0.29, 0.717) is 5.75 Å². The van der Waals surface area contributed by atoms with Crippen molar-refractivity contribution in [1.29, 1.82) is 0 Å². The average Bonchev–Trinajstić information content (AvgIpc) is 2.62. The lowest BCUT2D eigenvalue weighted by atomic mass is 10.2. The molecule has 0 amide bonds. The summed E-state index contributed by atoms with van der Waals surface area (Å²) in [7, 11) is 3.22. The molecule has 0 aliphatic heterocycles. The van der Waals surface area contributed by atoms with E-state index in [1.807, 2.05) is 36.0 Å². The minimum absolute atomic E-state index is 0.514. The fourth-order valence-electron chi connectivity index (χ4n) is 1.49. The smallest absolute Gasteiger partial charge is 0.437 e. The topological polar surface area (TPSA) is 40.5 Å². The summed E-state index contributed by atoms with van der Waals surface area (Å²) in [5, 5.41) is 0.894. The van der Waals surface area contributed by atoms with E-state index >= 15 is 0 Å². The van der Waals surface area contributed by atoms with Gasteiger partial charge in [0, 0.05) is 18.6 Å². The van der Waals surface area contributed by atoms with Crippen molar-refractivity contribution in [3.8, 4) is 5.75 Å². The highest BCUT2D eigenvalue weighted by molar-refractivity contribution is 5.88. The normalized spacial score (nSPS) is 10.3. The number of aromatic nitrogens is 1. The molecule has 0 saturated heterocycles. The Morgan fingerprint density at radius 1 is 1.33 bits per heavy atom. The van der Waals surface area contributed by atoms with E-state index in [9.17, 15) is 4.79 Å². The van der Waals surface area contributed by atoms with Crippen molar-refractivity contribution in [2.24, 2.45) is 7.05 Å². The van der Waals surface area contributed by atoms with Crippen LogP contribution in [0, 0.1) is 0 Å². The van der Waals surface area contributed by atoms with Crippen LogP contribution in [-0.2, 0) is 11.8 Å². The van der Waals surface area contributed by atoms with Crippen LogP contribution in [0.4, 0.5) is 4.79 Å². The van der Waals surface area contributed by atoms with Crippen LogP contribution in [0.3, 0.4) is 0 Å². The van der Waals surface area contributed by atoms with Gasteiger partial charge >= 0.3 is 6.16 Å². The minimum Gasteiger partial charge on any atom is -0.437 e. The van der Waals surface area contributed by atoms with Crippen LogP contribution in [0.1, 0.15) is 0 Å². The second kappa shape index (κ2) is 3.65. The van der Waals surface area contributed by atoms with Gasteiger partial charge in [0.05, 0.1) is 12.6 Å². The van der Waals surface area contributed by atoms with E-state index < -0.39 is 6.16 Å². The zero-order valence-corrected chi connectivity index (χ0v) is 8.56. The molecular formula is C11H11NO3. The lowest BCUT2D eigenvalue weighted by Gasteiger charge is -2.04. The first-order valence-electron chi connectivity index (χ1n) is 4.52. The molecule has 78 valence electrons. The molecule has 0 aliphatic rings. The Morgan fingerprint density at radius 2 is 2.13 bits per heavy atom. The number of carbonyl (C=O) groups is 1. The minimum atomic E-state index is -0.702. The van der Waals surface area contributed by atoms with E-state index in [-0.39, 0.29) is 0 Å². The largest absolute Gasteiger partial charge is 0.513 e. The number of nitrogens with zero attached hydrogens (tertiary/aromatic N) is 1. The molecule has 4 nitrogen and oxygen atoms in total. The summed E-state index contributed by atoms with van der Waals surface area (Å²) in [5.74, 6) is 0.514. The SMILES string of the molecule is COC(=O)Oc1cccc2c1ccn2C. The fraction of sp³-hybridized carbons (Fsp3) is 0.182. The molecule has 0 fully saturated rings. The van der Waals surface area contributed by atoms with Crippen LogP contribution in [0.25, 0.3) is 10.9 Å². The molecule has 0 N–H and O–H groups in total. The van der Waals surface area contributed by atoms with Gasteiger partial charge in [-0.1, -0.05) is 6.07 Å². The predicted molar refractivity (Wildman–Crippen MR) is 56.0 cm³/mol. The number of hydrogen-bond acceptors (Lipinski definition) is 3. The summed E-state index contributed by atoms with van der Waals surface area (Å²) in [4.78, 5) is 11.0. The molecular weight excluding hydrogens is 194 g/mol. The second-order valence-electron chi connectivity index (χ2n) is 3.17. The van der Waals surface area contributed by atoms with Crippen molar-refractivity contribution < 1.29 is 14.3 Å². The van der Waals surface area contributed by atoms with Gasteiger partial charge in [0.1, 0.15) is 5.75 Å². The van der Waals surface area contributed by atoms with Crippen molar-refractivity contribution in [1.82, 2.24) is 4.57 Å². The summed E-state index contributed by atoms with van der Waals surface area (Å²) >= 11 is 0. The molecule has 1 aromatic carbocycles. The molecule has 0 spiro atoms. The van der Waals surface area contributed by atoms with Crippen LogP contribution in [-0.4, -0.2) is 17.8 Å². The number of carbonyl (C=O) groups excluding carboxylic acids is 1. The summed E-state index contributed by atoms with van der Waals surface area (Å²) in [6.45, 7) is 0. The molecule has 0 bridgehead atoms. The third kappa shape index (κ3) is 1.66. The van der Waals surface area contributed by atoms with Gasteiger partial charge in [-0.15, -0.1) is 0 Å². The molecule has 1 heterocycles. The summed E-state index contributed by atoms with van der Waals surface area (Å²) < 4.78 is 11.4. The summed E-state index contributed by atoms with van der Waals surface area (Å²) in [6.07, 6.45) is 1.21. The molecule has 15 heavy (non-hydrogen) atoms. The maximum atomic E-state index is 11.0. The fourth-order valence-corrected chi connectivity index (χ4v) is 1.49. The molecule has 2 aromatic rings. The molecule has 1 aromatic heterocycles. The van der Waals surface area contributed by atoms with Crippen molar-refractivity contribution in [3.63, 3.8) is 0 Å². The second-order valence-corrected chi connectivity index (χ2v) is 3.17. The van der Waals surface area contributed by atoms with Gasteiger partial charge in [0.2, 0.25) is 0 Å². The molecule has 0 radical (unpaired) electrons. The molecule has 0 unspecified atom stereocenters. The highest BCUT2D eigenvalue weighted by Crippen LogP contribution is 2.26. The van der Waals surface area contributed by atoms with Gasteiger partial charge in [0.25, 0.3) is 0 Å². The van der Waals surface area contributed by atoms with E-state index in [1.165, 1.54) is 7.11 Å². The Morgan fingerprint density at radius 3 is 2.87 bits per heavy atom. The standard InChI is InChI=1S/C11H11NO3/c1-12-7-6-8-9(12)4-3-5-10(8)15-11(13)14-2/h3-7H,1-2H3. The molecule has 4 heteroatoms. The van der Waals surface area contributed by atoms with Crippen molar-refractivity contribution in [2.45, 2.75) is 0 Å². The summed E-state index contributed by atoms with van der Waals surface area (Å²) in [6, 6.07) is 7.42. The zero-order valence-electron chi connectivity index (χ0n) is 8.56. The van der Waals surface area contributed by atoms with Crippen LogP contribution in [0.2, 0.25) is 0 Å². The monoisotopic (exact) mass is 205 g/mol. The number of methoxy groups -OCH3 is 1. The quantitative estimate of drug-likeness (QED) is 0.530. The van der Waals surface area contributed by atoms with Gasteiger partial charge in [0.15, 0.2) is 0 Å². The van der Waals surface area contributed by atoms with Crippen LogP contribution in [0.15, 0.2) is 30.5 Å². The maximum Gasteiger partial charge on any atom is 0.513 e. The Labute approximate surface area is 87.0 Å². The Bertz CT molecular complexity index is 502. The van der Waals surface area contributed by atoms with Crippen molar-refractivity contribution >= 4 is 17.1 Å². The Hall–Kier alpha value is -1.97. The van der Waals surface area contributed by atoms with Gasteiger partial charge in [-0.05, 0) is 18.2 Å². The number of ether oxygens (including phenoxy) is 2. The molecule has 0 atom stereocenters.